The number of amides is 1. The van der Waals surface area contributed by atoms with Crippen molar-refractivity contribution >= 4 is 51.9 Å². The van der Waals surface area contributed by atoms with Gasteiger partial charge in [-0.15, -0.1) is 0 Å². The zero-order valence-corrected chi connectivity index (χ0v) is 22.2. The zero-order valence-electron chi connectivity index (χ0n) is 20.5. The van der Waals surface area contributed by atoms with Crippen molar-refractivity contribution in [3.05, 3.63) is 57.5 Å². The largest absolute Gasteiger partial charge is 0.480 e. The molecule has 184 valence electrons. The van der Waals surface area contributed by atoms with Crippen LogP contribution in [-0.4, -0.2) is 45.3 Å². The second-order valence-electron chi connectivity index (χ2n) is 10.8. The summed E-state index contributed by atoms with van der Waals surface area (Å²) in [7, 11) is 0. The van der Waals surface area contributed by atoms with E-state index >= 15 is 0 Å². The minimum atomic E-state index is -1.06. The molecule has 7 heteroatoms. The number of fused-ring (bicyclic) bond motifs is 3. The average molecular weight is 509 g/mol. The van der Waals surface area contributed by atoms with Crippen LogP contribution in [0.15, 0.2) is 46.4 Å². The lowest BCUT2D eigenvalue weighted by atomic mass is 9.75. The molecular formula is C28H32N2O3S2. The number of hydrogen-bond acceptors (Lipinski definition) is 5. The van der Waals surface area contributed by atoms with E-state index in [0.29, 0.717) is 21.2 Å². The minimum Gasteiger partial charge on any atom is -0.480 e. The number of benzene rings is 1. The number of hydrogen-bond donors (Lipinski definition) is 1. The van der Waals surface area contributed by atoms with Crippen LogP contribution in [0.4, 0.5) is 5.69 Å². The third-order valence-corrected chi connectivity index (χ3v) is 9.12. The molecule has 1 N–H and O–H groups in total. The topological polar surface area (TPSA) is 60.9 Å². The van der Waals surface area contributed by atoms with Crippen molar-refractivity contribution in [2.45, 2.75) is 64.8 Å². The van der Waals surface area contributed by atoms with Gasteiger partial charge in [0, 0.05) is 24.2 Å². The second-order valence-corrected chi connectivity index (χ2v) is 12.4. The van der Waals surface area contributed by atoms with Crippen molar-refractivity contribution in [2.75, 3.05) is 18.0 Å². The van der Waals surface area contributed by atoms with Gasteiger partial charge in [0.2, 0.25) is 0 Å². The number of carboxylic acids is 1. The van der Waals surface area contributed by atoms with Gasteiger partial charge in [0.25, 0.3) is 5.91 Å². The lowest BCUT2D eigenvalue weighted by Crippen LogP contribution is -2.33. The molecule has 4 aliphatic rings. The maximum absolute atomic E-state index is 12.9. The smallest absolute Gasteiger partial charge is 0.323 e. The Morgan fingerprint density at radius 2 is 2.06 bits per heavy atom. The third-order valence-electron chi connectivity index (χ3n) is 7.62. The summed E-state index contributed by atoms with van der Waals surface area (Å²) >= 11 is 6.53. The van der Waals surface area contributed by atoms with E-state index in [0.717, 1.165) is 25.0 Å². The van der Waals surface area contributed by atoms with Gasteiger partial charge in [0.1, 0.15) is 10.9 Å². The molecule has 5 nitrogen and oxygen atoms in total. The Morgan fingerprint density at radius 3 is 2.80 bits per heavy atom. The molecule has 1 aromatic rings. The number of anilines is 1. The van der Waals surface area contributed by atoms with Gasteiger partial charge in [0.15, 0.2) is 0 Å². The Balaban J connectivity index is 1.43. The molecule has 1 aromatic carbocycles. The average Bonchev–Trinajstić information content (AvgIpc) is 3.45. The molecule has 1 saturated heterocycles. The molecule has 2 aliphatic heterocycles. The predicted molar refractivity (Wildman–Crippen MR) is 147 cm³/mol. The van der Waals surface area contributed by atoms with Crippen LogP contribution >= 0.6 is 24.0 Å². The number of thioether (sulfide) groups is 1. The van der Waals surface area contributed by atoms with Crippen LogP contribution in [0.3, 0.4) is 0 Å². The van der Waals surface area contributed by atoms with Gasteiger partial charge in [-0.05, 0) is 72.4 Å². The molecule has 2 fully saturated rings. The highest BCUT2D eigenvalue weighted by Gasteiger charge is 2.40. The molecule has 2 aliphatic carbocycles. The molecule has 0 aromatic heterocycles. The fourth-order valence-corrected chi connectivity index (χ4v) is 7.56. The first kappa shape index (κ1) is 24.3. The van der Waals surface area contributed by atoms with Crippen LogP contribution in [0, 0.1) is 5.41 Å². The van der Waals surface area contributed by atoms with E-state index in [1.807, 2.05) is 0 Å². The summed E-state index contributed by atoms with van der Waals surface area (Å²) in [6.07, 6.45) is 12.0. The Labute approximate surface area is 216 Å². The van der Waals surface area contributed by atoms with E-state index in [-0.39, 0.29) is 11.3 Å². The summed E-state index contributed by atoms with van der Waals surface area (Å²) in [4.78, 5) is 28.5. The van der Waals surface area contributed by atoms with Crippen molar-refractivity contribution in [3.8, 4) is 0 Å². The first-order chi connectivity index (χ1) is 16.7. The number of aliphatic carboxylic acids is 1. The normalized spacial score (nSPS) is 27.6. The highest BCUT2D eigenvalue weighted by molar-refractivity contribution is 8.26. The number of likely N-dealkylation sites (N-methyl/N-ethyl adjacent to an activating group) is 1. The molecule has 1 amide bonds. The molecule has 2 atom stereocenters. The Bertz CT molecular complexity index is 1200. The molecular weight excluding hydrogens is 476 g/mol. The van der Waals surface area contributed by atoms with Crippen molar-refractivity contribution in [1.29, 1.82) is 0 Å². The number of thiocarbonyl (C=S) groups is 1. The Morgan fingerprint density at radius 1 is 1.26 bits per heavy atom. The Kier molecular flexibility index (Phi) is 6.43. The van der Waals surface area contributed by atoms with Crippen LogP contribution in [0.5, 0.6) is 0 Å². The highest BCUT2D eigenvalue weighted by Crippen LogP contribution is 2.49. The highest BCUT2D eigenvalue weighted by atomic mass is 32.2. The Hall–Kier alpha value is -2.38. The number of allylic oxidation sites excluding steroid dienone is 4. The van der Waals surface area contributed by atoms with E-state index in [2.05, 4.69) is 62.1 Å². The molecule has 1 saturated carbocycles. The number of rotatable bonds is 5. The summed E-state index contributed by atoms with van der Waals surface area (Å²) in [6, 6.07) is 7.54. The van der Waals surface area contributed by atoms with Gasteiger partial charge in [-0.3, -0.25) is 14.5 Å². The van der Waals surface area contributed by atoms with Crippen molar-refractivity contribution in [1.82, 2.24) is 4.90 Å². The van der Waals surface area contributed by atoms with Gasteiger partial charge in [-0.1, -0.05) is 68.5 Å². The molecule has 0 radical (unpaired) electrons. The van der Waals surface area contributed by atoms with Crippen LogP contribution in [0.25, 0.3) is 6.08 Å². The molecule has 2 unspecified atom stereocenters. The first-order valence-corrected chi connectivity index (χ1v) is 13.7. The molecule has 0 bridgehead atoms. The van der Waals surface area contributed by atoms with Crippen LogP contribution in [0.1, 0.15) is 69.9 Å². The van der Waals surface area contributed by atoms with E-state index in [1.165, 1.54) is 58.3 Å². The summed E-state index contributed by atoms with van der Waals surface area (Å²) in [5.74, 6) is -0.693. The predicted octanol–water partition coefficient (Wildman–Crippen LogP) is 6.12. The van der Waals surface area contributed by atoms with E-state index in [9.17, 15) is 9.59 Å². The molecule has 5 rings (SSSR count). The first-order valence-electron chi connectivity index (χ1n) is 12.4. The van der Waals surface area contributed by atoms with Crippen molar-refractivity contribution in [2.24, 2.45) is 5.41 Å². The third kappa shape index (κ3) is 4.60. The summed E-state index contributed by atoms with van der Waals surface area (Å²) in [5.41, 5.74) is 6.24. The van der Waals surface area contributed by atoms with Gasteiger partial charge >= 0.3 is 5.97 Å². The van der Waals surface area contributed by atoms with Gasteiger partial charge in [0.05, 0.1) is 4.91 Å². The maximum Gasteiger partial charge on any atom is 0.323 e. The van der Waals surface area contributed by atoms with E-state index in [1.54, 1.807) is 0 Å². The lowest BCUT2D eigenvalue weighted by Gasteiger charge is -2.31. The minimum absolute atomic E-state index is 0.00390. The van der Waals surface area contributed by atoms with Gasteiger partial charge in [-0.2, -0.15) is 0 Å². The zero-order chi connectivity index (χ0) is 24.9. The van der Waals surface area contributed by atoms with Crippen LogP contribution in [0.2, 0.25) is 0 Å². The van der Waals surface area contributed by atoms with Gasteiger partial charge < -0.3 is 10.0 Å². The summed E-state index contributed by atoms with van der Waals surface area (Å²) in [5, 5.41) is 9.14. The number of carboxylic acid groups (broad SMARTS) is 1. The molecule has 0 spiro atoms. The van der Waals surface area contributed by atoms with Crippen molar-refractivity contribution in [3.63, 3.8) is 0 Å². The summed E-state index contributed by atoms with van der Waals surface area (Å²) < 4.78 is 0.318. The SMILES string of the molecule is CCN1c2ccc(/C=C/C3=CC(=C4/SC(=S)N(CC(=O)O)C4=O)/CC(C)(C)C3)cc2C2CCCC21. The van der Waals surface area contributed by atoms with E-state index < -0.39 is 12.5 Å². The fourth-order valence-electron chi connectivity index (χ4n) is 6.27. The fraction of sp³-hybridized carbons (Fsp3) is 0.464. The number of carbonyl (C=O) groups is 2. The quantitative estimate of drug-likeness (QED) is 0.382. The van der Waals surface area contributed by atoms with E-state index in [4.69, 9.17) is 17.3 Å². The van der Waals surface area contributed by atoms with Crippen LogP contribution < -0.4 is 4.90 Å². The number of carbonyl (C=O) groups excluding carboxylic acids is 1. The summed E-state index contributed by atoms with van der Waals surface area (Å²) in [6.45, 7) is 7.34. The van der Waals surface area contributed by atoms with Crippen molar-refractivity contribution < 1.29 is 14.7 Å². The number of nitrogens with zero attached hydrogens (tertiary/aromatic N) is 2. The maximum atomic E-state index is 12.9. The second kappa shape index (κ2) is 9.25. The monoisotopic (exact) mass is 508 g/mol. The lowest BCUT2D eigenvalue weighted by molar-refractivity contribution is -0.140. The molecule has 2 heterocycles. The standard InChI is InChI=1S/C28H32N2O3S2/c1-4-29-22-7-5-6-20(22)21-13-17(10-11-23(21)29)8-9-18-12-19(15-28(2,3)14-18)25-26(33)30(16-24(31)32)27(34)35-25/h8-13,20,22H,4-7,14-16H2,1-3H3,(H,31,32)/b9-8+,25-19-. The van der Waals surface area contributed by atoms with Crippen LogP contribution in [-0.2, 0) is 9.59 Å². The molecule has 35 heavy (non-hydrogen) atoms. The van der Waals surface area contributed by atoms with Gasteiger partial charge in [-0.25, -0.2) is 0 Å².